The third-order valence-electron chi connectivity index (χ3n) is 18.4. The van der Waals surface area contributed by atoms with Gasteiger partial charge in [0.2, 0.25) is 0 Å². The number of hydrogen-bond acceptors (Lipinski definition) is 15. The van der Waals surface area contributed by atoms with E-state index in [1.54, 1.807) is 0 Å². The van der Waals surface area contributed by atoms with Gasteiger partial charge in [0.25, 0.3) is 0 Å². The van der Waals surface area contributed by atoms with Crippen molar-refractivity contribution in [3.05, 3.63) is 0 Å². The van der Waals surface area contributed by atoms with E-state index in [0.29, 0.717) is 37.5 Å². The number of unbranched alkanes of at least 4 members (excludes halogenated alkanes) is 40. The second-order valence-electron chi connectivity index (χ2n) is 29.8. The van der Waals surface area contributed by atoms with Gasteiger partial charge in [-0.1, -0.05) is 344 Å². The summed E-state index contributed by atoms with van der Waals surface area (Å²) in [5.74, 6) is 0.919. The van der Waals surface area contributed by atoms with Crippen LogP contribution in [-0.2, 0) is 65.4 Å². The molecule has 0 radical (unpaired) electrons. The smallest absolute Gasteiger partial charge is 0.462 e. The largest absolute Gasteiger partial charge is 0.472 e. The van der Waals surface area contributed by atoms with Gasteiger partial charge in [-0.05, 0) is 49.4 Å². The van der Waals surface area contributed by atoms with E-state index >= 15 is 0 Å². The summed E-state index contributed by atoms with van der Waals surface area (Å²) in [5, 5.41) is 10.6. The van der Waals surface area contributed by atoms with Crippen LogP contribution in [0, 0.1) is 23.7 Å². The van der Waals surface area contributed by atoms with Crippen molar-refractivity contribution in [2.45, 2.75) is 414 Å². The van der Waals surface area contributed by atoms with Crippen LogP contribution < -0.4 is 0 Å². The van der Waals surface area contributed by atoms with Gasteiger partial charge in [-0.3, -0.25) is 37.3 Å². The highest BCUT2D eigenvalue weighted by Gasteiger charge is 2.30. The van der Waals surface area contributed by atoms with Crippen molar-refractivity contribution in [1.29, 1.82) is 0 Å². The van der Waals surface area contributed by atoms with Gasteiger partial charge in [0.05, 0.1) is 26.4 Å². The van der Waals surface area contributed by atoms with Crippen LogP contribution in [0.1, 0.15) is 396 Å². The van der Waals surface area contributed by atoms with E-state index in [1.165, 1.54) is 186 Å². The highest BCUT2D eigenvalue weighted by molar-refractivity contribution is 7.47. The summed E-state index contributed by atoms with van der Waals surface area (Å²) in [7, 11) is -9.91. The van der Waals surface area contributed by atoms with Crippen LogP contribution in [0.25, 0.3) is 0 Å². The lowest BCUT2D eigenvalue weighted by Gasteiger charge is -2.21. The van der Waals surface area contributed by atoms with Crippen molar-refractivity contribution in [2.75, 3.05) is 39.6 Å². The van der Waals surface area contributed by atoms with Crippen LogP contribution in [0.3, 0.4) is 0 Å². The molecule has 3 unspecified atom stereocenters. The third-order valence-corrected chi connectivity index (χ3v) is 20.3. The first-order valence-electron chi connectivity index (χ1n) is 40.2. The molecule has 576 valence electrons. The minimum Gasteiger partial charge on any atom is -0.462 e. The van der Waals surface area contributed by atoms with Crippen molar-refractivity contribution in [3.8, 4) is 0 Å². The van der Waals surface area contributed by atoms with Crippen LogP contribution in [-0.4, -0.2) is 96.7 Å². The predicted molar refractivity (Wildman–Crippen MR) is 395 cm³/mol. The Morgan fingerprint density at radius 3 is 0.732 bits per heavy atom. The second kappa shape index (κ2) is 67.2. The average Bonchev–Trinajstić information content (AvgIpc) is 2.50. The van der Waals surface area contributed by atoms with Crippen molar-refractivity contribution in [2.24, 2.45) is 23.7 Å². The number of rotatable bonds is 75. The van der Waals surface area contributed by atoms with E-state index < -0.39 is 97.5 Å². The number of esters is 4. The maximum absolute atomic E-state index is 13.1. The molecule has 17 nitrogen and oxygen atoms in total. The molecule has 0 rings (SSSR count). The zero-order valence-electron chi connectivity index (χ0n) is 63.7. The molecule has 0 aromatic carbocycles. The summed E-state index contributed by atoms with van der Waals surface area (Å²) in [4.78, 5) is 72.8. The van der Waals surface area contributed by atoms with E-state index in [9.17, 15) is 43.2 Å². The molecule has 0 saturated heterocycles. The Balaban J connectivity index is 5.15. The standard InChI is InChI=1S/C78H152O17P2/c1-9-71(8)57-49-41-32-26-22-18-14-12-10-11-13-15-19-23-27-33-44-52-60-77(82)94-73(64-88-75(80)58-50-42-35-29-31-39-47-55-69(4)5)66-92-96(84,85)90-62-72(79)63-91-97(86,87)93-67-74(65-89-76(81)59-51-43-37-36-40-48-56-70(6)7)95-78(83)61-53-45-34-28-24-20-16-17-21-25-30-38-46-54-68(2)3/h68-74,79H,9-67H2,1-8H3,(H,84,85)(H,86,87)/t71?,72-,73-,74-/m1/s1. The fourth-order valence-electron chi connectivity index (χ4n) is 11.9. The summed E-state index contributed by atoms with van der Waals surface area (Å²) in [6.45, 7) is 14.2. The average molecular weight is 1420 g/mol. The normalized spacial score (nSPS) is 14.4. The zero-order chi connectivity index (χ0) is 71.7. The molecular weight excluding hydrogens is 1270 g/mol. The molecule has 6 atom stereocenters. The zero-order valence-corrected chi connectivity index (χ0v) is 65.5. The molecule has 0 fully saturated rings. The minimum absolute atomic E-state index is 0.106. The van der Waals surface area contributed by atoms with E-state index in [0.717, 1.165) is 115 Å². The molecular formula is C78H152O17P2. The molecule has 0 amide bonds. The molecule has 0 heterocycles. The number of phosphoric acid groups is 2. The molecule has 0 aliphatic carbocycles. The number of hydrogen-bond donors (Lipinski definition) is 3. The first kappa shape index (κ1) is 95.1. The van der Waals surface area contributed by atoms with Gasteiger partial charge < -0.3 is 33.8 Å². The Kier molecular flexibility index (Phi) is 65.9. The van der Waals surface area contributed by atoms with Crippen LogP contribution in [0.4, 0.5) is 0 Å². The van der Waals surface area contributed by atoms with Crippen LogP contribution in [0.5, 0.6) is 0 Å². The minimum atomic E-state index is -4.96. The molecule has 0 aromatic rings. The van der Waals surface area contributed by atoms with Gasteiger partial charge in [0, 0.05) is 25.7 Å². The number of carbonyl (C=O) groups excluding carboxylic acids is 4. The van der Waals surface area contributed by atoms with Crippen LogP contribution >= 0.6 is 15.6 Å². The fourth-order valence-corrected chi connectivity index (χ4v) is 13.5. The molecule has 3 N–H and O–H groups in total. The van der Waals surface area contributed by atoms with E-state index in [2.05, 4.69) is 55.4 Å². The number of phosphoric ester groups is 2. The summed E-state index contributed by atoms with van der Waals surface area (Å²) >= 11 is 0. The van der Waals surface area contributed by atoms with E-state index in [4.69, 9.17) is 37.0 Å². The number of carbonyl (C=O) groups is 4. The van der Waals surface area contributed by atoms with Crippen molar-refractivity contribution < 1.29 is 80.2 Å². The number of ether oxygens (including phenoxy) is 4. The topological polar surface area (TPSA) is 237 Å². The van der Waals surface area contributed by atoms with Gasteiger partial charge in [-0.25, -0.2) is 9.13 Å². The lowest BCUT2D eigenvalue weighted by molar-refractivity contribution is -0.161. The van der Waals surface area contributed by atoms with Gasteiger partial charge in [0.15, 0.2) is 12.2 Å². The predicted octanol–water partition coefficient (Wildman–Crippen LogP) is 22.8. The highest BCUT2D eigenvalue weighted by Crippen LogP contribution is 2.45. The molecule has 97 heavy (non-hydrogen) atoms. The molecule has 0 saturated carbocycles. The van der Waals surface area contributed by atoms with Crippen LogP contribution in [0.15, 0.2) is 0 Å². The summed E-state index contributed by atoms with van der Waals surface area (Å²) in [6.07, 6.45) is 53.1. The Labute approximate surface area is 594 Å². The second-order valence-corrected chi connectivity index (χ2v) is 32.7. The third kappa shape index (κ3) is 70.9. The Morgan fingerprint density at radius 1 is 0.289 bits per heavy atom. The molecule has 19 heteroatoms. The molecule has 0 aliphatic rings. The lowest BCUT2D eigenvalue weighted by atomic mass is 9.99. The molecule has 0 aromatic heterocycles. The summed E-state index contributed by atoms with van der Waals surface area (Å²) in [6, 6.07) is 0. The first-order valence-corrected chi connectivity index (χ1v) is 43.2. The van der Waals surface area contributed by atoms with Gasteiger partial charge in [0.1, 0.15) is 19.3 Å². The number of aliphatic hydroxyl groups is 1. The fraction of sp³-hybridized carbons (Fsp3) is 0.949. The van der Waals surface area contributed by atoms with Gasteiger partial charge in [-0.15, -0.1) is 0 Å². The molecule has 0 bridgehead atoms. The Bertz CT molecular complexity index is 1900. The van der Waals surface area contributed by atoms with Gasteiger partial charge in [-0.2, -0.15) is 0 Å². The SMILES string of the molecule is CCC(C)CCCCCCCCCCCCCCCCCCCCC(=O)O[C@H](COC(=O)CCCCCCCCCC(C)C)COP(=O)(O)OC[C@@H](O)COP(=O)(O)OC[C@@H](COC(=O)CCCCCCCCC(C)C)OC(=O)CCCCCCCCCCCCCCCC(C)C. The lowest BCUT2D eigenvalue weighted by Crippen LogP contribution is -2.30. The maximum Gasteiger partial charge on any atom is 0.472 e. The van der Waals surface area contributed by atoms with E-state index in [-0.39, 0.29) is 25.7 Å². The van der Waals surface area contributed by atoms with E-state index in [1.807, 2.05) is 0 Å². The first-order chi connectivity index (χ1) is 46.6. The van der Waals surface area contributed by atoms with Crippen molar-refractivity contribution in [3.63, 3.8) is 0 Å². The van der Waals surface area contributed by atoms with Crippen molar-refractivity contribution in [1.82, 2.24) is 0 Å². The monoisotopic (exact) mass is 1420 g/mol. The molecule has 0 spiro atoms. The summed E-state index contributed by atoms with van der Waals surface area (Å²) in [5.41, 5.74) is 0. The van der Waals surface area contributed by atoms with Crippen molar-refractivity contribution >= 4 is 39.5 Å². The Morgan fingerprint density at radius 2 is 0.495 bits per heavy atom. The quantitative estimate of drug-likeness (QED) is 0.0222. The Hall–Kier alpha value is -1.94. The van der Waals surface area contributed by atoms with Gasteiger partial charge >= 0.3 is 39.5 Å². The van der Waals surface area contributed by atoms with Crippen LogP contribution in [0.2, 0.25) is 0 Å². The maximum atomic E-state index is 13.1. The number of aliphatic hydroxyl groups excluding tert-OH is 1. The molecule has 0 aliphatic heterocycles. The highest BCUT2D eigenvalue weighted by atomic mass is 31.2. The summed E-state index contributed by atoms with van der Waals surface area (Å²) < 4.78 is 68.5.